The minimum absolute atomic E-state index is 0.736. The molecule has 0 aliphatic carbocycles. The molecule has 0 saturated heterocycles. The molecule has 0 atom stereocenters. The molecule has 0 aliphatic heterocycles. The van der Waals surface area contributed by atoms with Gasteiger partial charge in [0.15, 0.2) is 0 Å². The largest absolute Gasteiger partial charge is 0.497 e. The Balaban J connectivity index is 1.65. The fraction of sp³-hybridized carbons (Fsp3) is 0.0500. The minimum atomic E-state index is 0.736. The van der Waals surface area contributed by atoms with Crippen molar-refractivity contribution in [3.8, 4) is 67.4 Å². The summed E-state index contributed by atoms with van der Waals surface area (Å²) in [6.07, 6.45) is 7.42. The maximum atomic E-state index is 5.75. The molecule has 4 aromatic carbocycles. The lowest BCUT2D eigenvalue weighted by Gasteiger charge is -2.20. The zero-order valence-corrected chi connectivity index (χ0v) is 24.8. The summed E-state index contributed by atoms with van der Waals surface area (Å²) in [6.45, 7) is 8.11. The molecular formula is C40H32N2O2. The summed E-state index contributed by atoms with van der Waals surface area (Å²) in [5, 5.41) is 0. The smallest absolute Gasteiger partial charge is 0.119 e. The number of nitrogens with zero attached hydrogens (tertiary/aromatic N) is 2. The van der Waals surface area contributed by atoms with Gasteiger partial charge in [-0.1, -0.05) is 86.0 Å². The molecule has 4 nitrogen and oxygen atoms in total. The predicted molar refractivity (Wildman–Crippen MR) is 182 cm³/mol. The number of ether oxygens (including phenoxy) is 2. The normalized spacial score (nSPS) is 10.7. The Morgan fingerprint density at radius 3 is 1.27 bits per heavy atom. The second kappa shape index (κ2) is 12.6. The van der Waals surface area contributed by atoms with Crippen molar-refractivity contribution < 1.29 is 9.47 Å². The van der Waals surface area contributed by atoms with Crippen molar-refractivity contribution in [1.29, 1.82) is 0 Å². The van der Waals surface area contributed by atoms with Crippen LogP contribution in [-0.2, 0) is 0 Å². The van der Waals surface area contributed by atoms with Gasteiger partial charge in [0.1, 0.15) is 11.5 Å². The Morgan fingerprint density at radius 2 is 0.864 bits per heavy atom. The lowest BCUT2D eigenvalue weighted by Crippen LogP contribution is -1.98. The average molecular weight is 573 g/mol. The van der Waals surface area contributed by atoms with E-state index in [1.165, 1.54) is 0 Å². The van der Waals surface area contributed by atoms with Crippen LogP contribution in [0.15, 0.2) is 135 Å². The summed E-state index contributed by atoms with van der Waals surface area (Å²) in [5.41, 5.74) is 11.7. The fourth-order valence-corrected chi connectivity index (χ4v) is 5.67. The van der Waals surface area contributed by atoms with E-state index in [9.17, 15) is 0 Å². The van der Waals surface area contributed by atoms with Crippen LogP contribution in [-0.4, -0.2) is 24.2 Å². The molecule has 0 aliphatic rings. The highest BCUT2D eigenvalue weighted by Crippen LogP contribution is 2.45. The molecule has 4 heteroatoms. The van der Waals surface area contributed by atoms with Crippen molar-refractivity contribution in [2.24, 2.45) is 0 Å². The first-order valence-electron chi connectivity index (χ1n) is 14.4. The van der Waals surface area contributed by atoms with Gasteiger partial charge in [-0.05, 0) is 81.9 Å². The zero-order valence-electron chi connectivity index (χ0n) is 24.8. The number of hydrogen-bond donors (Lipinski definition) is 0. The van der Waals surface area contributed by atoms with Crippen LogP contribution in [0.4, 0.5) is 0 Å². The molecule has 2 heterocycles. The third-order valence-corrected chi connectivity index (χ3v) is 7.81. The molecule has 44 heavy (non-hydrogen) atoms. The molecule has 0 unspecified atom stereocenters. The predicted octanol–water partition coefficient (Wildman–Crippen LogP) is 10.1. The standard InChI is InChI=1S/C40H32N2O2/c1-5-27-13-7-9-15-31(27)33-17-11-23-41-39(33)35-21-19-29(43-3)25-37(35)38-26-30(44-4)20-22-36(38)40-34(18-12-24-42-40)32-16-10-8-14-28(32)6-2/h5-26H,1-2H2,3-4H3. The first-order valence-corrected chi connectivity index (χ1v) is 14.4. The van der Waals surface area contributed by atoms with Crippen molar-refractivity contribution in [2.75, 3.05) is 14.2 Å². The summed E-state index contributed by atoms with van der Waals surface area (Å²) >= 11 is 0. The SMILES string of the molecule is C=Cc1ccccc1-c1cccnc1-c1ccc(OC)cc1-c1cc(OC)ccc1-c1ncccc1-c1ccccc1C=C. The van der Waals surface area contributed by atoms with Gasteiger partial charge in [0.2, 0.25) is 0 Å². The molecular weight excluding hydrogens is 540 g/mol. The van der Waals surface area contributed by atoms with Crippen LogP contribution in [0.2, 0.25) is 0 Å². The average Bonchev–Trinajstić information content (AvgIpc) is 3.11. The van der Waals surface area contributed by atoms with Crippen LogP contribution in [0.25, 0.3) is 68.0 Å². The summed E-state index contributed by atoms with van der Waals surface area (Å²) in [7, 11) is 3.36. The second-order valence-electron chi connectivity index (χ2n) is 10.2. The first-order chi connectivity index (χ1) is 21.7. The van der Waals surface area contributed by atoms with E-state index in [-0.39, 0.29) is 0 Å². The van der Waals surface area contributed by atoms with E-state index < -0.39 is 0 Å². The number of methoxy groups -OCH3 is 2. The van der Waals surface area contributed by atoms with Crippen molar-refractivity contribution in [2.45, 2.75) is 0 Å². The molecule has 214 valence electrons. The third-order valence-electron chi connectivity index (χ3n) is 7.81. The maximum Gasteiger partial charge on any atom is 0.119 e. The Labute approximate surface area is 258 Å². The molecule has 0 radical (unpaired) electrons. The number of rotatable bonds is 9. The van der Waals surface area contributed by atoms with Gasteiger partial charge in [-0.3, -0.25) is 9.97 Å². The molecule has 0 amide bonds. The Hall–Kier alpha value is -5.74. The molecule has 6 rings (SSSR count). The number of benzene rings is 4. The van der Waals surface area contributed by atoms with Gasteiger partial charge in [-0.25, -0.2) is 0 Å². The topological polar surface area (TPSA) is 44.2 Å². The van der Waals surface area contributed by atoms with Gasteiger partial charge in [0, 0.05) is 34.6 Å². The van der Waals surface area contributed by atoms with Crippen molar-refractivity contribution in [1.82, 2.24) is 9.97 Å². The Bertz CT molecular complexity index is 1850. The highest BCUT2D eigenvalue weighted by Gasteiger charge is 2.21. The molecule has 0 bridgehead atoms. The van der Waals surface area contributed by atoms with E-state index in [2.05, 4.69) is 73.8 Å². The van der Waals surface area contributed by atoms with Gasteiger partial charge in [-0.2, -0.15) is 0 Å². The quantitative estimate of drug-likeness (QED) is 0.173. The second-order valence-corrected chi connectivity index (χ2v) is 10.2. The summed E-state index contributed by atoms with van der Waals surface area (Å²) in [5.74, 6) is 1.47. The molecule has 0 saturated carbocycles. The van der Waals surface area contributed by atoms with Crippen molar-refractivity contribution in [3.63, 3.8) is 0 Å². The molecule has 0 spiro atoms. The van der Waals surface area contributed by atoms with Gasteiger partial charge in [0.05, 0.1) is 25.6 Å². The van der Waals surface area contributed by atoms with Gasteiger partial charge in [-0.15, -0.1) is 0 Å². The van der Waals surface area contributed by atoms with Crippen LogP contribution >= 0.6 is 0 Å². The lowest BCUT2D eigenvalue weighted by atomic mass is 9.87. The van der Waals surface area contributed by atoms with Crippen molar-refractivity contribution in [3.05, 3.63) is 146 Å². The van der Waals surface area contributed by atoms with Crippen LogP contribution < -0.4 is 9.47 Å². The van der Waals surface area contributed by atoms with E-state index in [4.69, 9.17) is 19.4 Å². The zero-order chi connectivity index (χ0) is 30.5. The monoisotopic (exact) mass is 572 g/mol. The summed E-state index contributed by atoms with van der Waals surface area (Å²) < 4.78 is 11.5. The van der Waals surface area contributed by atoms with Gasteiger partial charge >= 0.3 is 0 Å². The minimum Gasteiger partial charge on any atom is -0.497 e. The molecule has 2 aromatic heterocycles. The van der Waals surface area contributed by atoms with Crippen LogP contribution in [0.3, 0.4) is 0 Å². The highest BCUT2D eigenvalue weighted by atomic mass is 16.5. The van der Waals surface area contributed by atoms with Crippen LogP contribution in [0.5, 0.6) is 11.5 Å². The van der Waals surface area contributed by atoms with E-state index in [1.54, 1.807) is 14.2 Å². The summed E-state index contributed by atoms with van der Waals surface area (Å²) in [6, 6.07) is 36.8. The summed E-state index contributed by atoms with van der Waals surface area (Å²) in [4.78, 5) is 9.88. The third kappa shape index (κ3) is 5.30. The number of aromatic nitrogens is 2. The molecule has 0 fully saturated rings. The van der Waals surface area contributed by atoms with Gasteiger partial charge in [0.25, 0.3) is 0 Å². The molecule has 0 N–H and O–H groups in total. The van der Waals surface area contributed by atoms with E-state index in [0.29, 0.717) is 0 Å². The fourth-order valence-electron chi connectivity index (χ4n) is 5.67. The van der Waals surface area contributed by atoms with Crippen LogP contribution in [0, 0.1) is 0 Å². The Kier molecular flexibility index (Phi) is 8.15. The number of hydrogen-bond acceptors (Lipinski definition) is 4. The van der Waals surface area contributed by atoms with Crippen LogP contribution in [0.1, 0.15) is 11.1 Å². The maximum absolute atomic E-state index is 5.75. The molecule has 6 aromatic rings. The number of pyridine rings is 2. The lowest BCUT2D eigenvalue weighted by molar-refractivity contribution is 0.414. The highest BCUT2D eigenvalue weighted by molar-refractivity contribution is 5.98. The van der Waals surface area contributed by atoms with Crippen molar-refractivity contribution >= 4 is 12.2 Å². The van der Waals surface area contributed by atoms with Gasteiger partial charge < -0.3 is 9.47 Å². The Morgan fingerprint density at radius 1 is 0.455 bits per heavy atom. The first kappa shape index (κ1) is 28.4. The van der Waals surface area contributed by atoms with E-state index >= 15 is 0 Å². The van der Waals surface area contributed by atoms with E-state index in [0.717, 1.165) is 78.5 Å². The van der Waals surface area contributed by atoms with E-state index in [1.807, 2.05) is 73.1 Å².